The third-order valence-corrected chi connectivity index (χ3v) is 5.52. The highest BCUT2D eigenvalue weighted by molar-refractivity contribution is 6.30. The summed E-state index contributed by atoms with van der Waals surface area (Å²) in [4.78, 5) is 12.1. The van der Waals surface area contributed by atoms with E-state index in [1.807, 2.05) is 34.9 Å². The summed E-state index contributed by atoms with van der Waals surface area (Å²) in [5, 5.41) is 5.26. The van der Waals surface area contributed by atoms with Gasteiger partial charge in [0.15, 0.2) is 0 Å². The Morgan fingerprint density at radius 3 is 2.52 bits per heavy atom. The zero-order valence-electron chi connectivity index (χ0n) is 15.0. The summed E-state index contributed by atoms with van der Waals surface area (Å²) in [6, 6.07) is 16.0. The number of primary amides is 1. The van der Waals surface area contributed by atoms with E-state index in [1.165, 1.54) is 5.56 Å². The van der Waals surface area contributed by atoms with Crippen molar-refractivity contribution < 1.29 is 4.79 Å². The van der Waals surface area contributed by atoms with Crippen LogP contribution < -0.4 is 11.1 Å². The van der Waals surface area contributed by atoms with Gasteiger partial charge < -0.3 is 15.6 Å². The van der Waals surface area contributed by atoms with Gasteiger partial charge in [-0.05, 0) is 67.2 Å². The second-order valence-electron chi connectivity index (χ2n) is 6.91. The van der Waals surface area contributed by atoms with Crippen molar-refractivity contribution in [3.8, 4) is 0 Å². The first-order chi connectivity index (χ1) is 12.6. The van der Waals surface area contributed by atoms with Crippen LogP contribution in [0.2, 0.25) is 5.02 Å². The minimum atomic E-state index is -0.397. The molecule has 1 amide bonds. The number of halogens is 2. The predicted octanol–water partition coefficient (Wildman–Crippen LogP) is 4.33. The van der Waals surface area contributed by atoms with E-state index >= 15 is 0 Å². The van der Waals surface area contributed by atoms with E-state index < -0.39 is 5.91 Å². The first kappa shape index (κ1) is 19.7. The number of benzene rings is 2. The Morgan fingerprint density at radius 2 is 1.85 bits per heavy atom. The highest BCUT2D eigenvalue weighted by Gasteiger charge is 2.21. The number of piperidine rings is 1. The van der Waals surface area contributed by atoms with Gasteiger partial charge in [0.1, 0.15) is 5.69 Å². The molecule has 0 bridgehead atoms. The van der Waals surface area contributed by atoms with E-state index in [9.17, 15) is 4.79 Å². The van der Waals surface area contributed by atoms with E-state index in [0.717, 1.165) is 42.4 Å². The van der Waals surface area contributed by atoms with E-state index in [1.54, 1.807) is 0 Å². The van der Waals surface area contributed by atoms with Crippen molar-refractivity contribution in [2.75, 3.05) is 13.1 Å². The summed E-state index contributed by atoms with van der Waals surface area (Å²) in [5.41, 5.74) is 9.71. The van der Waals surface area contributed by atoms with E-state index in [0.29, 0.717) is 23.2 Å². The predicted molar refractivity (Wildman–Crippen MR) is 113 cm³/mol. The van der Waals surface area contributed by atoms with Crippen LogP contribution >= 0.6 is 24.0 Å². The molecule has 1 fully saturated rings. The number of nitrogens with two attached hydrogens (primary N) is 1. The van der Waals surface area contributed by atoms with Crippen molar-refractivity contribution in [1.82, 2.24) is 9.88 Å². The van der Waals surface area contributed by atoms with E-state index in [4.69, 9.17) is 17.3 Å². The number of fused-ring (bicyclic) bond motifs is 1. The molecule has 1 aliphatic heterocycles. The van der Waals surface area contributed by atoms with Gasteiger partial charge in [0.25, 0.3) is 5.91 Å². The van der Waals surface area contributed by atoms with Crippen molar-refractivity contribution in [3.63, 3.8) is 0 Å². The summed E-state index contributed by atoms with van der Waals surface area (Å²) in [7, 11) is 0. The Hall–Kier alpha value is -2.01. The number of carbonyl (C=O) groups excluding carboxylic acids is 1. The minimum absolute atomic E-state index is 0. The van der Waals surface area contributed by atoms with Gasteiger partial charge in [-0.2, -0.15) is 0 Å². The molecule has 27 heavy (non-hydrogen) atoms. The van der Waals surface area contributed by atoms with Gasteiger partial charge >= 0.3 is 0 Å². The van der Waals surface area contributed by atoms with Crippen LogP contribution in [0.5, 0.6) is 0 Å². The van der Waals surface area contributed by atoms with Crippen LogP contribution in [0.15, 0.2) is 48.5 Å². The molecule has 0 saturated carbocycles. The maximum Gasteiger partial charge on any atom is 0.265 e. The maximum absolute atomic E-state index is 12.1. The highest BCUT2D eigenvalue weighted by atomic mass is 35.5. The molecular formula is C21H23Cl2N3O. The zero-order valence-corrected chi connectivity index (χ0v) is 16.5. The molecule has 4 rings (SSSR count). The van der Waals surface area contributed by atoms with Crippen molar-refractivity contribution in [2.24, 2.45) is 5.73 Å². The molecule has 2 aromatic carbocycles. The molecule has 1 saturated heterocycles. The zero-order chi connectivity index (χ0) is 18.1. The third-order valence-electron chi connectivity index (χ3n) is 5.26. The first-order valence-electron chi connectivity index (χ1n) is 9.00. The molecule has 3 N–H and O–H groups in total. The van der Waals surface area contributed by atoms with Crippen molar-refractivity contribution in [2.45, 2.75) is 25.3 Å². The summed E-state index contributed by atoms with van der Waals surface area (Å²) >= 11 is 5.99. The lowest BCUT2D eigenvalue weighted by molar-refractivity contribution is 0.0992. The lowest BCUT2D eigenvalue weighted by atomic mass is 9.88. The highest BCUT2D eigenvalue weighted by Crippen LogP contribution is 2.33. The molecule has 0 aliphatic carbocycles. The molecule has 6 heteroatoms. The van der Waals surface area contributed by atoms with Gasteiger partial charge in [-0.3, -0.25) is 4.79 Å². The molecule has 0 spiro atoms. The number of carbonyl (C=O) groups is 1. The second-order valence-corrected chi connectivity index (χ2v) is 7.35. The molecule has 4 nitrogen and oxygen atoms in total. The number of nitrogens with one attached hydrogen (secondary N) is 1. The summed E-state index contributed by atoms with van der Waals surface area (Å²) < 4.78 is 2.02. The monoisotopic (exact) mass is 403 g/mol. The Balaban J connectivity index is 0.00000210. The lowest BCUT2D eigenvalue weighted by Gasteiger charge is -2.23. The van der Waals surface area contributed by atoms with Crippen molar-refractivity contribution >= 4 is 40.8 Å². The Morgan fingerprint density at radius 1 is 1.15 bits per heavy atom. The van der Waals surface area contributed by atoms with Crippen molar-refractivity contribution in [3.05, 3.63) is 70.4 Å². The standard InChI is InChI=1S/C21H22ClN3O.ClH/c22-16-6-4-14(5-7-16)13-25-19-3-1-2-17(15-8-10-24-11-9-15)18(19)12-20(25)21(23)26;/h1-7,12,15,24H,8-11,13H2,(H2,23,26);1H. The van der Waals surface area contributed by atoms with Crippen LogP contribution in [0.25, 0.3) is 10.9 Å². The quantitative estimate of drug-likeness (QED) is 0.680. The average Bonchev–Trinajstić information content (AvgIpc) is 3.03. The summed E-state index contributed by atoms with van der Waals surface area (Å²) in [5.74, 6) is 0.124. The van der Waals surface area contributed by atoms with Crippen LogP contribution in [0.4, 0.5) is 0 Å². The molecule has 0 unspecified atom stereocenters. The number of amides is 1. The van der Waals surface area contributed by atoms with Gasteiger partial charge in [-0.15, -0.1) is 12.4 Å². The van der Waals surface area contributed by atoms with Gasteiger partial charge in [0.05, 0.1) is 0 Å². The third kappa shape index (κ3) is 3.98. The minimum Gasteiger partial charge on any atom is -0.364 e. The van der Waals surface area contributed by atoms with Crippen LogP contribution in [-0.2, 0) is 6.54 Å². The van der Waals surface area contributed by atoms with E-state index in [-0.39, 0.29) is 12.4 Å². The lowest BCUT2D eigenvalue weighted by Crippen LogP contribution is -2.26. The van der Waals surface area contributed by atoms with Crippen LogP contribution in [0.3, 0.4) is 0 Å². The van der Waals surface area contributed by atoms with E-state index in [2.05, 4.69) is 23.5 Å². The number of nitrogens with zero attached hydrogens (tertiary/aromatic N) is 1. The molecule has 1 aromatic heterocycles. The Kier molecular flexibility index (Phi) is 6.10. The van der Waals surface area contributed by atoms with Crippen LogP contribution in [0, 0.1) is 0 Å². The fourth-order valence-electron chi connectivity index (χ4n) is 3.94. The molecule has 0 atom stereocenters. The number of rotatable bonds is 4. The second kappa shape index (κ2) is 8.34. The number of hydrogen-bond acceptors (Lipinski definition) is 2. The summed E-state index contributed by atoms with van der Waals surface area (Å²) in [6.45, 7) is 2.67. The fourth-order valence-corrected chi connectivity index (χ4v) is 4.07. The number of aromatic nitrogens is 1. The molecule has 142 valence electrons. The summed E-state index contributed by atoms with van der Waals surface area (Å²) in [6.07, 6.45) is 2.24. The number of hydrogen-bond donors (Lipinski definition) is 2. The molecule has 1 aliphatic rings. The van der Waals surface area contributed by atoms with Gasteiger partial charge in [0, 0.05) is 22.5 Å². The van der Waals surface area contributed by atoms with Crippen molar-refractivity contribution in [1.29, 1.82) is 0 Å². The van der Waals surface area contributed by atoms with Crippen LogP contribution in [0.1, 0.15) is 40.4 Å². The fraction of sp³-hybridized carbons (Fsp3) is 0.286. The Labute approximate surface area is 170 Å². The van der Waals surface area contributed by atoms with Gasteiger partial charge in [-0.25, -0.2) is 0 Å². The normalized spacial score (nSPS) is 14.9. The average molecular weight is 404 g/mol. The molecule has 0 radical (unpaired) electrons. The molecular weight excluding hydrogens is 381 g/mol. The van der Waals surface area contributed by atoms with Crippen LogP contribution in [-0.4, -0.2) is 23.6 Å². The Bertz CT molecular complexity index is 944. The largest absolute Gasteiger partial charge is 0.364 e. The van der Waals surface area contributed by atoms with Gasteiger partial charge in [0.2, 0.25) is 0 Å². The maximum atomic E-state index is 12.1. The van der Waals surface area contributed by atoms with Gasteiger partial charge in [-0.1, -0.05) is 35.9 Å². The SMILES string of the molecule is Cl.NC(=O)c1cc2c(C3CCNCC3)cccc2n1Cc1ccc(Cl)cc1. The smallest absolute Gasteiger partial charge is 0.265 e. The first-order valence-corrected chi connectivity index (χ1v) is 9.38. The topological polar surface area (TPSA) is 60.1 Å². The molecule has 3 aromatic rings. The molecule has 2 heterocycles.